The van der Waals surface area contributed by atoms with Crippen LogP contribution in [0.15, 0.2) is 39.0 Å². The second-order valence-electron chi connectivity index (χ2n) is 4.81. The van der Waals surface area contributed by atoms with Crippen molar-refractivity contribution in [1.29, 1.82) is 0 Å². The van der Waals surface area contributed by atoms with Gasteiger partial charge in [-0.05, 0) is 66.0 Å². The van der Waals surface area contributed by atoms with Crippen LogP contribution in [0.3, 0.4) is 0 Å². The summed E-state index contributed by atoms with van der Waals surface area (Å²) in [6.45, 7) is 6.37. The van der Waals surface area contributed by atoms with Crippen LogP contribution in [-0.2, 0) is 0 Å². The van der Waals surface area contributed by atoms with Crippen LogP contribution in [0.25, 0.3) is 0 Å². The molecule has 0 saturated carbocycles. The fourth-order valence-corrected chi connectivity index (χ4v) is 4.77. The lowest BCUT2D eigenvalue weighted by Crippen LogP contribution is -2.21. The van der Waals surface area contributed by atoms with Gasteiger partial charge in [-0.1, -0.05) is 6.07 Å². The molecule has 19 heavy (non-hydrogen) atoms. The van der Waals surface area contributed by atoms with Crippen LogP contribution < -0.4 is 5.73 Å². The summed E-state index contributed by atoms with van der Waals surface area (Å²) in [6.07, 6.45) is 0. The molecule has 102 valence electrons. The summed E-state index contributed by atoms with van der Waals surface area (Å²) in [5.41, 5.74) is 8.83. The van der Waals surface area contributed by atoms with E-state index in [1.54, 1.807) is 11.3 Å². The Labute approximate surface area is 131 Å². The molecule has 0 fully saturated rings. The van der Waals surface area contributed by atoms with E-state index in [-0.39, 0.29) is 6.04 Å². The van der Waals surface area contributed by atoms with Crippen LogP contribution >= 0.6 is 39.0 Å². The number of thiophene rings is 1. The number of nitrogens with two attached hydrogens (primary N) is 1. The molecule has 0 amide bonds. The van der Waals surface area contributed by atoms with E-state index in [0.29, 0.717) is 5.25 Å². The van der Waals surface area contributed by atoms with Crippen LogP contribution in [0.2, 0.25) is 0 Å². The van der Waals surface area contributed by atoms with E-state index < -0.39 is 0 Å². The molecule has 1 nitrogen and oxygen atoms in total. The summed E-state index contributed by atoms with van der Waals surface area (Å²) in [5.74, 6) is 0. The molecule has 1 aromatic heterocycles. The maximum absolute atomic E-state index is 6.16. The number of aryl methyl sites for hydroxylation is 2. The summed E-state index contributed by atoms with van der Waals surface area (Å²) in [7, 11) is 0. The summed E-state index contributed by atoms with van der Waals surface area (Å²) in [5, 5.41) is 2.42. The molecule has 2 unspecified atom stereocenters. The van der Waals surface area contributed by atoms with E-state index in [4.69, 9.17) is 5.73 Å². The zero-order valence-corrected chi connectivity index (χ0v) is 14.5. The largest absolute Gasteiger partial charge is 0.327 e. The predicted molar refractivity (Wildman–Crippen MR) is 90.2 cm³/mol. The van der Waals surface area contributed by atoms with Crippen LogP contribution in [0.1, 0.15) is 28.2 Å². The monoisotopic (exact) mass is 355 g/mol. The van der Waals surface area contributed by atoms with Gasteiger partial charge in [0.1, 0.15) is 0 Å². The van der Waals surface area contributed by atoms with Crippen molar-refractivity contribution in [2.75, 3.05) is 0 Å². The van der Waals surface area contributed by atoms with E-state index in [1.165, 1.54) is 20.9 Å². The first kappa shape index (κ1) is 15.1. The Balaban J connectivity index is 2.23. The number of hydrogen-bond acceptors (Lipinski definition) is 3. The van der Waals surface area contributed by atoms with Gasteiger partial charge in [0.15, 0.2) is 0 Å². The van der Waals surface area contributed by atoms with Crippen molar-refractivity contribution in [3.05, 3.63) is 50.1 Å². The molecule has 2 N–H and O–H groups in total. The Morgan fingerprint density at radius 2 is 1.95 bits per heavy atom. The highest BCUT2D eigenvalue weighted by molar-refractivity contribution is 9.10. The third-order valence-corrected chi connectivity index (χ3v) is 6.48. The van der Waals surface area contributed by atoms with Crippen LogP contribution in [0.5, 0.6) is 0 Å². The van der Waals surface area contributed by atoms with E-state index in [1.807, 2.05) is 11.8 Å². The fraction of sp³-hybridized carbons (Fsp3) is 0.333. The Morgan fingerprint density at radius 1 is 1.21 bits per heavy atom. The van der Waals surface area contributed by atoms with Gasteiger partial charge < -0.3 is 5.73 Å². The summed E-state index contributed by atoms with van der Waals surface area (Å²) in [6, 6.07) is 8.91. The van der Waals surface area contributed by atoms with Crippen molar-refractivity contribution in [3.8, 4) is 0 Å². The maximum Gasteiger partial charge on any atom is 0.0586 e. The smallest absolute Gasteiger partial charge is 0.0586 e. The first-order valence-electron chi connectivity index (χ1n) is 6.21. The first-order valence-corrected chi connectivity index (χ1v) is 8.76. The number of thioether (sulfide) groups is 1. The van der Waals surface area contributed by atoms with Crippen molar-refractivity contribution in [1.82, 2.24) is 0 Å². The standard InChI is InChI=1S/C15H18BrNS2/c1-9-4-5-13(6-10(9)2)19-15(11(3)17)14-7-12(16)8-18-14/h4-8,11,15H,17H2,1-3H3. The van der Waals surface area contributed by atoms with Crippen LogP contribution in [0.4, 0.5) is 0 Å². The van der Waals surface area contributed by atoms with Crippen LogP contribution in [0, 0.1) is 13.8 Å². The zero-order chi connectivity index (χ0) is 14.0. The van der Waals surface area contributed by atoms with E-state index >= 15 is 0 Å². The number of hydrogen-bond donors (Lipinski definition) is 1. The highest BCUT2D eigenvalue weighted by Gasteiger charge is 2.19. The average Bonchev–Trinajstić information content (AvgIpc) is 2.76. The lowest BCUT2D eigenvalue weighted by atomic mass is 10.1. The summed E-state index contributed by atoms with van der Waals surface area (Å²) in [4.78, 5) is 2.61. The molecule has 4 heteroatoms. The van der Waals surface area contributed by atoms with Gasteiger partial charge in [0.05, 0.1) is 5.25 Å². The maximum atomic E-state index is 6.16. The molecule has 0 radical (unpaired) electrons. The Bertz CT molecular complexity index is 563. The van der Waals surface area contributed by atoms with Crippen molar-refractivity contribution < 1.29 is 0 Å². The van der Waals surface area contributed by atoms with Gasteiger partial charge in [0.2, 0.25) is 0 Å². The molecule has 0 bridgehead atoms. The predicted octanol–water partition coefficient (Wildman–Crippen LogP) is 5.31. The van der Waals surface area contributed by atoms with Gasteiger partial charge >= 0.3 is 0 Å². The molecule has 1 heterocycles. The highest BCUT2D eigenvalue weighted by Crippen LogP contribution is 2.41. The van der Waals surface area contributed by atoms with Gasteiger partial charge in [0.25, 0.3) is 0 Å². The van der Waals surface area contributed by atoms with Gasteiger partial charge in [0, 0.05) is 25.7 Å². The van der Waals surface area contributed by atoms with Crippen molar-refractivity contribution in [2.24, 2.45) is 5.73 Å². The molecule has 0 spiro atoms. The van der Waals surface area contributed by atoms with Gasteiger partial charge in [-0.25, -0.2) is 0 Å². The second kappa shape index (κ2) is 6.44. The fourth-order valence-electron chi connectivity index (χ4n) is 1.84. The Hall–Kier alpha value is -0.290. The molecule has 2 rings (SSSR count). The Kier molecular flexibility index (Phi) is 5.12. The SMILES string of the molecule is Cc1ccc(SC(c2cc(Br)cs2)C(C)N)cc1C. The molecule has 0 aliphatic carbocycles. The lowest BCUT2D eigenvalue weighted by molar-refractivity contribution is 0.730. The van der Waals surface area contributed by atoms with E-state index in [9.17, 15) is 0 Å². The average molecular weight is 356 g/mol. The number of benzene rings is 1. The molecule has 0 aliphatic rings. The minimum absolute atomic E-state index is 0.122. The van der Waals surface area contributed by atoms with Crippen molar-refractivity contribution in [2.45, 2.75) is 37.0 Å². The third-order valence-electron chi connectivity index (χ3n) is 3.09. The van der Waals surface area contributed by atoms with Crippen LogP contribution in [-0.4, -0.2) is 6.04 Å². The van der Waals surface area contributed by atoms with Crippen molar-refractivity contribution >= 4 is 39.0 Å². The zero-order valence-electron chi connectivity index (χ0n) is 11.3. The van der Waals surface area contributed by atoms with Gasteiger partial charge in [-0.15, -0.1) is 23.1 Å². The normalized spacial score (nSPS) is 14.4. The minimum atomic E-state index is 0.122. The molecular weight excluding hydrogens is 338 g/mol. The molecule has 1 aromatic carbocycles. The summed E-state index contributed by atoms with van der Waals surface area (Å²) >= 11 is 7.13. The van der Waals surface area contributed by atoms with Crippen molar-refractivity contribution in [3.63, 3.8) is 0 Å². The topological polar surface area (TPSA) is 26.0 Å². The summed E-state index contributed by atoms with van der Waals surface area (Å²) < 4.78 is 1.14. The minimum Gasteiger partial charge on any atom is -0.327 e. The quantitative estimate of drug-likeness (QED) is 0.752. The molecular formula is C15H18BrNS2. The first-order chi connectivity index (χ1) is 8.97. The highest BCUT2D eigenvalue weighted by atomic mass is 79.9. The molecule has 2 aromatic rings. The number of rotatable bonds is 4. The molecule has 2 atom stereocenters. The lowest BCUT2D eigenvalue weighted by Gasteiger charge is -2.19. The second-order valence-corrected chi connectivity index (χ2v) is 7.88. The van der Waals surface area contributed by atoms with Gasteiger partial charge in [-0.2, -0.15) is 0 Å². The molecule has 0 aliphatic heterocycles. The third kappa shape index (κ3) is 3.85. The number of halogens is 1. The Morgan fingerprint density at radius 3 is 2.47 bits per heavy atom. The van der Waals surface area contributed by atoms with E-state index in [2.05, 4.69) is 66.3 Å². The van der Waals surface area contributed by atoms with Gasteiger partial charge in [-0.3, -0.25) is 0 Å². The van der Waals surface area contributed by atoms with E-state index in [0.717, 1.165) is 4.47 Å². The molecule has 0 saturated heterocycles.